The lowest BCUT2D eigenvalue weighted by Gasteiger charge is -2.18. The molecule has 8 heteroatoms. The highest BCUT2D eigenvalue weighted by molar-refractivity contribution is 6.00. The Labute approximate surface area is 163 Å². The summed E-state index contributed by atoms with van der Waals surface area (Å²) in [6, 6.07) is 0.0986. The number of anilines is 1. The zero-order valence-electron chi connectivity index (χ0n) is 16.2. The zero-order valence-corrected chi connectivity index (χ0v) is 16.2. The number of hydrogen-bond donors (Lipinski definition) is 4. The van der Waals surface area contributed by atoms with Crippen molar-refractivity contribution in [1.29, 1.82) is 0 Å². The van der Waals surface area contributed by atoms with Crippen molar-refractivity contribution in [2.75, 3.05) is 32.1 Å². The second-order valence-corrected chi connectivity index (χ2v) is 7.35. The van der Waals surface area contributed by atoms with Gasteiger partial charge in [-0.3, -0.25) is 5.32 Å². The van der Waals surface area contributed by atoms with E-state index in [1.165, 1.54) is 0 Å². The van der Waals surface area contributed by atoms with Gasteiger partial charge in [0.2, 0.25) is 0 Å². The van der Waals surface area contributed by atoms with E-state index in [1.54, 1.807) is 7.05 Å². The van der Waals surface area contributed by atoms with Gasteiger partial charge in [0.1, 0.15) is 5.75 Å². The summed E-state index contributed by atoms with van der Waals surface area (Å²) < 4.78 is 40.8. The first-order chi connectivity index (χ1) is 13.6. The van der Waals surface area contributed by atoms with Gasteiger partial charge in [-0.2, -0.15) is 0 Å². The minimum absolute atomic E-state index is 0.0986. The molecule has 3 heterocycles. The molecule has 0 spiro atoms. The highest BCUT2D eigenvalue weighted by Gasteiger charge is 2.33. The van der Waals surface area contributed by atoms with Crippen molar-refractivity contribution in [3.8, 4) is 5.75 Å². The second kappa shape index (κ2) is 7.81. The van der Waals surface area contributed by atoms with E-state index in [-0.39, 0.29) is 11.7 Å². The third-order valence-electron chi connectivity index (χ3n) is 5.30. The van der Waals surface area contributed by atoms with Crippen LogP contribution in [0.4, 0.5) is 14.5 Å². The van der Waals surface area contributed by atoms with E-state index in [9.17, 15) is 0 Å². The number of ether oxygens (including phenoxy) is 1. The zero-order chi connectivity index (χ0) is 19.7. The molecule has 1 aromatic rings. The van der Waals surface area contributed by atoms with Crippen LogP contribution in [0, 0.1) is 11.6 Å². The summed E-state index contributed by atoms with van der Waals surface area (Å²) in [5, 5.41) is 12.3. The van der Waals surface area contributed by atoms with Gasteiger partial charge in [0, 0.05) is 25.6 Å². The third-order valence-corrected chi connectivity index (χ3v) is 5.30. The number of nitrogens with one attached hydrogen (secondary N) is 4. The first kappa shape index (κ1) is 18.8. The van der Waals surface area contributed by atoms with Crippen molar-refractivity contribution in [1.82, 2.24) is 20.6 Å². The lowest BCUT2D eigenvalue weighted by Crippen LogP contribution is -2.47. The smallest absolute Gasteiger partial charge is 0.399 e. The molecule has 3 aliphatic heterocycles. The maximum absolute atomic E-state index is 15.6. The van der Waals surface area contributed by atoms with E-state index in [0.717, 1.165) is 37.2 Å². The van der Waals surface area contributed by atoms with Crippen molar-refractivity contribution < 1.29 is 13.5 Å². The fraction of sp³-hybridized carbons (Fsp3) is 0.500. The largest absolute Gasteiger partial charge is 0.492 e. The van der Waals surface area contributed by atoms with Gasteiger partial charge >= 0.3 is 5.96 Å². The Morgan fingerprint density at radius 2 is 2.11 bits per heavy atom. The van der Waals surface area contributed by atoms with Gasteiger partial charge in [0.15, 0.2) is 17.3 Å². The van der Waals surface area contributed by atoms with Crippen LogP contribution in [0.1, 0.15) is 37.3 Å². The van der Waals surface area contributed by atoms with Crippen LogP contribution in [-0.4, -0.2) is 44.6 Å². The molecule has 0 saturated heterocycles. The summed E-state index contributed by atoms with van der Waals surface area (Å²) in [5.41, 5.74) is 1.49. The summed E-state index contributed by atoms with van der Waals surface area (Å²) in [6.45, 7) is 3.89. The predicted molar refractivity (Wildman–Crippen MR) is 108 cm³/mol. The predicted octanol–water partition coefficient (Wildman–Crippen LogP) is 1.50. The van der Waals surface area contributed by atoms with Crippen LogP contribution in [0.2, 0.25) is 0 Å². The summed E-state index contributed by atoms with van der Waals surface area (Å²) >= 11 is 0. The molecular formula is C20H26F2N5O+. The first-order valence-corrected chi connectivity index (χ1v) is 9.81. The van der Waals surface area contributed by atoms with E-state index in [4.69, 9.17) is 4.74 Å². The minimum atomic E-state index is -0.625. The van der Waals surface area contributed by atoms with Crippen LogP contribution in [0.3, 0.4) is 0 Å². The van der Waals surface area contributed by atoms with E-state index in [1.807, 2.05) is 13.0 Å². The number of hydrogen-bond acceptors (Lipinski definition) is 5. The molecule has 4 N–H and O–H groups in total. The van der Waals surface area contributed by atoms with E-state index in [2.05, 4.69) is 25.9 Å². The number of fused-ring (bicyclic) bond motifs is 1. The van der Waals surface area contributed by atoms with Crippen LogP contribution in [0.25, 0.3) is 5.57 Å². The Bertz CT molecular complexity index is 889. The average molecular weight is 390 g/mol. The molecule has 0 aromatic heterocycles. The SMILES string of the molecule is CNC1=[N+]=C(Nc2c(F)c3c(c(C4=CCNCCC4)c2F)OCC3)NC(C)C1. The number of benzene rings is 1. The quantitative estimate of drug-likeness (QED) is 0.576. The molecule has 150 valence electrons. The number of amidine groups is 1. The highest BCUT2D eigenvalue weighted by Crippen LogP contribution is 2.43. The summed E-state index contributed by atoms with van der Waals surface area (Å²) in [4.78, 5) is 0. The molecule has 0 radical (unpaired) electrons. The van der Waals surface area contributed by atoms with E-state index < -0.39 is 11.6 Å². The van der Waals surface area contributed by atoms with Crippen molar-refractivity contribution in [3.63, 3.8) is 0 Å². The monoisotopic (exact) mass is 390 g/mol. The van der Waals surface area contributed by atoms with Crippen molar-refractivity contribution in [2.24, 2.45) is 0 Å². The van der Waals surface area contributed by atoms with Gasteiger partial charge in [-0.25, -0.2) is 18.8 Å². The molecular weight excluding hydrogens is 364 g/mol. The third kappa shape index (κ3) is 3.45. The van der Waals surface area contributed by atoms with Crippen LogP contribution in [-0.2, 0) is 6.42 Å². The van der Waals surface area contributed by atoms with Crippen molar-refractivity contribution in [2.45, 2.75) is 38.6 Å². The normalized spacial score (nSPS) is 21.4. The average Bonchev–Trinajstić information content (AvgIpc) is 3.01. The fourth-order valence-electron chi connectivity index (χ4n) is 3.91. The molecule has 0 aliphatic carbocycles. The summed E-state index contributed by atoms with van der Waals surface area (Å²) in [6.07, 6.45) is 4.74. The molecule has 0 amide bonds. The lowest BCUT2D eigenvalue weighted by atomic mass is 9.95. The van der Waals surface area contributed by atoms with Gasteiger partial charge in [-0.1, -0.05) is 6.08 Å². The first-order valence-electron chi connectivity index (χ1n) is 9.81. The van der Waals surface area contributed by atoms with Crippen LogP contribution in [0.5, 0.6) is 5.75 Å². The van der Waals surface area contributed by atoms with Crippen molar-refractivity contribution >= 4 is 23.1 Å². The highest BCUT2D eigenvalue weighted by atomic mass is 19.1. The maximum atomic E-state index is 15.6. The lowest BCUT2D eigenvalue weighted by molar-refractivity contribution is 0.354. The number of rotatable bonds is 2. The molecule has 3 aliphatic rings. The fourth-order valence-corrected chi connectivity index (χ4v) is 3.91. The Hall–Kier alpha value is -2.57. The van der Waals surface area contributed by atoms with Gasteiger partial charge in [-0.05, 0) is 31.9 Å². The molecule has 28 heavy (non-hydrogen) atoms. The molecule has 0 saturated carbocycles. The van der Waals surface area contributed by atoms with Gasteiger partial charge in [0.25, 0.3) is 5.84 Å². The van der Waals surface area contributed by atoms with Crippen LogP contribution in [0.15, 0.2) is 6.08 Å². The molecule has 1 atom stereocenters. The topological polar surface area (TPSA) is 71.5 Å². The van der Waals surface area contributed by atoms with Gasteiger partial charge < -0.3 is 15.4 Å². The molecule has 4 rings (SSSR count). The number of halogens is 2. The summed E-state index contributed by atoms with van der Waals surface area (Å²) in [5.74, 6) is 0.219. The number of guanidine groups is 1. The minimum Gasteiger partial charge on any atom is -0.492 e. The Morgan fingerprint density at radius 1 is 1.25 bits per heavy atom. The van der Waals surface area contributed by atoms with Crippen LogP contribution < -0.4 is 30.7 Å². The Kier molecular flexibility index (Phi) is 5.24. The molecule has 1 aromatic carbocycles. The van der Waals surface area contributed by atoms with Gasteiger partial charge in [0.05, 0.1) is 24.6 Å². The number of allylic oxidation sites excluding steroid dienone is 1. The molecule has 6 nitrogen and oxygen atoms in total. The molecule has 0 fully saturated rings. The maximum Gasteiger partial charge on any atom is 0.399 e. The second-order valence-electron chi connectivity index (χ2n) is 7.35. The van der Waals surface area contributed by atoms with E-state index in [0.29, 0.717) is 42.4 Å². The van der Waals surface area contributed by atoms with Crippen LogP contribution >= 0.6 is 0 Å². The molecule has 1 unspecified atom stereocenters. The number of nitrogens with zero attached hydrogens (tertiary/aromatic N) is 1. The van der Waals surface area contributed by atoms with Crippen molar-refractivity contribution in [3.05, 3.63) is 28.8 Å². The van der Waals surface area contributed by atoms with E-state index >= 15 is 8.78 Å². The summed E-state index contributed by atoms with van der Waals surface area (Å²) in [7, 11) is 1.78. The Morgan fingerprint density at radius 3 is 2.93 bits per heavy atom. The van der Waals surface area contributed by atoms with Gasteiger partial charge in [-0.15, -0.1) is 0 Å². The Balaban J connectivity index is 1.81. The standard InChI is InChI=1S/C20H25F2N5O/c1-11-10-14(23-2)26-20(25-11)27-18-16(21)13-6-9-28-19(13)15(17(18)22)12-4-3-7-24-8-5-12/h5,11,24H,3-4,6-10H2,1-2H3,(H2,23,25,26,27)/p+1. The molecule has 0 bridgehead atoms.